The monoisotopic (exact) mass is 332 g/mol. The summed E-state index contributed by atoms with van der Waals surface area (Å²) in [6, 6.07) is 6.64. The molecule has 2 N–H and O–H groups in total. The molecule has 3 rings (SSSR count). The highest BCUT2D eigenvalue weighted by molar-refractivity contribution is 7.15. The van der Waals surface area contributed by atoms with Crippen LogP contribution in [0.25, 0.3) is 4.85 Å². The zero-order valence-electron chi connectivity index (χ0n) is 11.6. The SMILES string of the molecule is [C-]#[N+]C1CCc2nc(NC(=O)Nc3cccc(Cl)c3)sc2C1. The fourth-order valence-corrected chi connectivity index (χ4v) is 3.61. The predicted molar refractivity (Wildman–Crippen MR) is 88.6 cm³/mol. The van der Waals surface area contributed by atoms with Crippen molar-refractivity contribution >= 4 is 39.8 Å². The third kappa shape index (κ3) is 3.38. The lowest BCUT2D eigenvalue weighted by Gasteiger charge is -2.10. The van der Waals surface area contributed by atoms with Gasteiger partial charge in [0, 0.05) is 22.0 Å². The number of benzene rings is 1. The zero-order valence-corrected chi connectivity index (χ0v) is 13.2. The van der Waals surface area contributed by atoms with Gasteiger partial charge in [0.1, 0.15) is 0 Å². The van der Waals surface area contributed by atoms with E-state index in [-0.39, 0.29) is 12.1 Å². The van der Waals surface area contributed by atoms with Crippen LogP contribution in [-0.2, 0) is 12.8 Å². The fraction of sp³-hybridized carbons (Fsp3) is 0.267. The van der Waals surface area contributed by atoms with E-state index in [1.165, 1.54) is 11.3 Å². The van der Waals surface area contributed by atoms with Crippen molar-refractivity contribution in [1.82, 2.24) is 4.98 Å². The summed E-state index contributed by atoms with van der Waals surface area (Å²) in [6.07, 6.45) is 2.37. The quantitative estimate of drug-likeness (QED) is 0.809. The molecule has 0 bridgehead atoms. The minimum absolute atomic E-state index is 0.0427. The molecule has 1 atom stereocenters. The van der Waals surface area contributed by atoms with Crippen molar-refractivity contribution in [2.75, 3.05) is 10.6 Å². The van der Waals surface area contributed by atoms with E-state index in [4.69, 9.17) is 18.2 Å². The van der Waals surface area contributed by atoms with E-state index < -0.39 is 0 Å². The first-order valence-electron chi connectivity index (χ1n) is 6.83. The molecule has 1 aromatic carbocycles. The van der Waals surface area contributed by atoms with Crippen molar-refractivity contribution in [3.63, 3.8) is 0 Å². The average molecular weight is 333 g/mol. The molecule has 1 aliphatic rings. The first-order chi connectivity index (χ1) is 10.6. The second kappa shape index (κ2) is 6.34. The predicted octanol–water partition coefficient (Wildman–Crippen LogP) is 4.22. The maximum atomic E-state index is 12.0. The van der Waals surface area contributed by atoms with Gasteiger partial charge < -0.3 is 10.2 Å². The number of anilines is 2. The van der Waals surface area contributed by atoms with Crippen LogP contribution in [0.3, 0.4) is 0 Å². The van der Waals surface area contributed by atoms with E-state index >= 15 is 0 Å². The molecule has 0 saturated carbocycles. The van der Waals surface area contributed by atoms with E-state index in [9.17, 15) is 4.79 Å². The fourth-order valence-electron chi connectivity index (χ4n) is 2.35. The van der Waals surface area contributed by atoms with E-state index in [1.54, 1.807) is 24.3 Å². The molecule has 1 aromatic heterocycles. The van der Waals surface area contributed by atoms with Crippen LogP contribution >= 0.6 is 22.9 Å². The summed E-state index contributed by atoms with van der Waals surface area (Å²) in [5, 5.41) is 6.58. The number of carbonyl (C=O) groups excluding carboxylic acids is 1. The van der Waals surface area contributed by atoms with Gasteiger partial charge in [-0.25, -0.2) is 16.4 Å². The van der Waals surface area contributed by atoms with Crippen molar-refractivity contribution in [2.24, 2.45) is 0 Å². The van der Waals surface area contributed by atoms with Crippen molar-refractivity contribution < 1.29 is 4.79 Å². The largest absolute Gasteiger partial charge is 0.325 e. The molecule has 112 valence electrons. The van der Waals surface area contributed by atoms with E-state index in [0.29, 0.717) is 15.8 Å². The van der Waals surface area contributed by atoms with Crippen molar-refractivity contribution in [3.05, 3.63) is 51.3 Å². The molecule has 22 heavy (non-hydrogen) atoms. The summed E-state index contributed by atoms with van der Waals surface area (Å²) in [7, 11) is 0. The number of halogens is 1. The first kappa shape index (κ1) is 14.8. The highest BCUT2D eigenvalue weighted by Gasteiger charge is 2.26. The zero-order chi connectivity index (χ0) is 15.5. The third-order valence-electron chi connectivity index (χ3n) is 3.40. The Labute approximate surface area is 137 Å². The van der Waals surface area contributed by atoms with E-state index in [1.807, 2.05) is 0 Å². The molecule has 2 aromatic rings. The standard InChI is InChI=1S/C15H13ClN4OS/c1-17-10-5-6-12-13(8-10)22-15(19-12)20-14(21)18-11-4-2-3-9(16)7-11/h2-4,7,10H,5-6,8H2,(H2,18,19,20,21). The summed E-state index contributed by atoms with van der Waals surface area (Å²) >= 11 is 7.32. The molecule has 1 unspecified atom stereocenters. The van der Waals surface area contributed by atoms with Crippen LogP contribution in [0.4, 0.5) is 15.6 Å². The van der Waals surface area contributed by atoms with Crippen LogP contribution in [0.5, 0.6) is 0 Å². The summed E-state index contributed by atoms with van der Waals surface area (Å²) < 4.78 is 0. The number of carbonyl (C=O) groups is 1. The molecule has 1 aliphatic carbocycles. The van der Waals surface area contributed by atoms with Gasteiger partial charge in [0.15, 0.2) is 5.13 Å². The van der Waals surface area contributed by atoms with Gasteiger partial charge in [0.2, 0.25) is 6.04 Å². The van der Waals surface area contributed by atoms with E-state index in [0.717, 1.165) is 29.8 Å². The molecule has 1 heterocycles. The van der Waals surface area contributed by atoms with Crippen molar-refractivity contribution in [2.45, 2.75) is 25.3 Å². The molecule has 0 spiro atoms. The van der Waals surface area contributed by atoms with Gasteiger partial charge in [-0.3, -0.25) is 5.32 Å². The molecule has 0 fully saturated rings. The Morgan fingerprint density at radius 2 is 2.32 bits per heavy atom. The van der Waals surface area contributed by atoms with Crippen LogP contribution in [0.2, 0.25) is 5.02 Å². The Kier molecular flexibility index (Phi) is 4.27. The van der Waals surface area contributed by atoms with Gasteiger partial charge in [-0.1, -0.05) is 17.7 Å². The average Bonchev–Trinajstić information content (AvgIpc) is 2.87. The third-order valence-corrected chi connectivity index (χ3v) is 4.67. The minimum atomic E-state index is -0.352. The van der Waals surface area contributed by atoms with Gasteiger partial charge >= 0.3 is 6.03 Å². The maximum Gasteiger partial charge on any atom is 0.325 e. The summed E-state index contributed by atoms with van der Waals surface area (Å²) in [5.41, 5.74) is 1.63. The Bertz CT molecular complexity index is 752. The smallest absolute Gasteiger partial charge is 0.313 e. The lowest BCUT2D eigenvalue weighted by atomic mass is 9.98. The minimum Gasteiger partial charge on any atom is -0.313 e. The lowest BCUT2D eigenvalue weighted by molar-refractivity contribution is 0.262. The molecular formula is C15H13ClN4OS. The van der Waals surface area contributed by atoms with Crippen LogP contribution in [0.15, 0.2) is 24.3 Å². The number of rotatable bonds is 2. The number of fused-ring (bicyclic) bond motifs is 1. The Hall–Kier alpha value is -2.10. The van der Waals surface area contributed by atoms with Gasteiger partial charge in [-0.15, -0.1) is 11.3 Å². The topological polar surface area (TPSA) is 58.4 Å². The summed E-state index contributed by atoms with van der Waals surface area (Å²) in [4.78, 5) is 21.1. The van der Waals surface area contributed by atoms with Crippen molar-refractivity contribution in [1.29, 1.82) is 0 Å². The van der Waals surface area contributed by atoms with Crippen LogP contribution in [-0.4, -0.2) is 17.1 Å². The number of nitrogens with zero attached hydrogens (tertiary/aromatic N) is 2. The van der Waals surface area contributed by atoms with Gasteiger partial charge in [0.05, 0.1) is 12.1 Å². The summed E-state index contributed by atoms with van der Waals surface area (Å²) in [6.45, 7) is 7.12. The molecule has 0 radical (unpaired) electrons. The van der Waals surface area contributed by atoms with Gasteiger partial charge in [-0.05, 0) is 24.6 Å². The molecular weight excluding hydrogens is 320 g/mol. The normalized spacial score (nSPS) is 16.5. The number of aryl methyl sites for hydroxylation is 1. The lowest BCUT2D eigenvalue weighted by Crippen LogP contribution is -2.19. The highest BCUT2D eigenvalue weighted by Crippen LogP contribution is 2.31. The maximum absolute atomic E-state index is 12.0. The number of amides is 2. The number of urea groups is 1. The van der Waals surface area contributed by atoms with E-state index in [2.05, 4.69) is 20.5 Å². The Morgan fingerprint density at radius 3 is 3.09 bits per heavy atom. The number of aromatic nitrogens is 1. The van der Waals surface area contributed by atoms with Crippen molar-refractivity contribution in [3.8, 4) is 0 Å². The number of hydrogen-bond acceptors (Lipinski definition) is 3. The molecule has 5 nitrogen and oxygen atoms in total. The number of nitrogens with one attached hydrogen (secondary N) is 2. The number of hydrogen-bond donors (Lipinski definition) is 2. The molecule has 7 heteroatoms. The van der Waals surface area contributed by atoms with Crippen LogP contribution < -0.4 is 10.6 Å². The highest BCUT2D eigenvalue weighted by atomic mass is 35.5. The number of thiazole rings is 1. The Morgan fingerprint density at radius 1 is 1.45 bits per heavy atom. The van der Waals surface area contributed by atoms with Gasteiger partial charge in [-0.2, -0.15) is 0 Å². The van der Waals surface area contributed by atoms with Crippen LogP contribution in [0.1, 0.15) is 17.0 Å². The van der Waals surface area contributed by atoms with Crippen LogP contribution in [0, 0.1) is 6.57 Å². The second-order valence-electron chi connectivity index (χ2n) is 5.00. The van der Waals surface area contributed by atoms with Gasteiger partial charge in [0.25, 0.3) is 0 Å². The summed E-state index contributed by atoms with van der Waals surface area (Å²) in [5.74, 6) is 0. The molecule has 0 aliphatic heterocycles. The first-order valence-corrected chi connectivity index (χ1v) is 8.02. The Balaban J connectivity index is 1.65. The molecule has 0 saturated heterocycles. The molecule has 2 amide bonds. The second-order valence-corrected chi connectivity index (χ2v) is 6.52.